The van der Waals surface area contributed by atoms with Gasteiger partial charge >= 0.3 is 5.97 Å². The zero-order valence-corrected chi connectivity index (χ0v) is 15.8. The van der Waals surface area contributed by atoms with Crippen LogP contribution >= 0.6 is 0 Å². The van der Waals surface area contributed by atoms with Crippen LogP contribution in [0, 0.1) is 0 Å². The second kappa shape index (κ2) is 7.87. The Kier molecular flexibility index (Phi) is 6.06. The molecule has 0 aliphatic rings. The standard InChI is InChI=1S/C19H29N2O4/c1-6-20-16-13-14(24-5)7-8-15(16)21(11-12-22)17(20)9-10-18(23)25-19(2,3)4/h7-8,13,22H,6,9-12H2,1-5H3/q+1. The minimum absolute atomic E-state index is 0.0406. The Labute approximate surface area is 149 Å². The Morgan fingerprint density at radius 2 is 2.04 bits per heavy atom. The molecule has 1 heterocycles. The van der Waals surface area contributed by atoms with Gasteiger partial charge in [-0.25, -0.2) is 9.13 Å². The predicted octanol–water partition coefficient (Wildman–Crippen LogP) is 2.22. The molecule has 0 saturated heterocycles. The fraction of sp³-hybridized carbons (Fsp3) is 0.579. The maximum atomic E-state index is 12.1. The van der Waals surface area contributed by atoms with E-state index in [1.807, 2.05) is 39.0 Å². The first-order chi connectivity index (χ1) is 11.8. The van der Waals surface area contributed by atoms with Gasteiger partial charge in [0, 0.05) is 6.07 Å². The third kappa shape index (κ3) is 4.51. The van der Waals surface area contributed by atoms with Gasteiger partial charge in [-0.15, -0.1) is 0 Å². The molecular formula is C19H29N2O4+. The van der Waals surface area contributed by atoms with E-state index in [9.17, 15) is 9.90 Å². The van der Waals surface area contributed by atoms with Gasteiger partial charge in [-0.05, 0) is 39.8 Å². The molecule has 6 nitrogen and oxygen atoms in total. The minimum atomic E-state index is -0.483. The number of imidazole rings is 1. The second-order valence-corrected chi connectivity index (χ2v) is 6.98. The van der Waals surface area contributed by atoms with Gasteiger partial charge in [0.2, 0.25) is 0 Å². The quantitative estimate of drug-likeness (QED) is 0.615. The van der Waals surface area contributed by atoms with Gasteiger partial charge in [-0.1, -0.05) is 0 Å². The summed E-state index contributed by atoms with van der Waals surface area (Å²) in [6.45, 7) is 8.97. The van der Waals surface area contributed by atoms with Crippen molar-refractivity contribution in [3.63, 3.8) is 0 Å². The lowest BCUT2D eigenvalue weighted by atomic mass is 10.2. The maximum Gasteiger partial charge on any atom is 0.306 e. The van der Waals surface area contributed by atoms with Gasteiger partial charge < -0.3 is 14.6 Å². The summed E-state index contributed by atoms with van der Waals surface area (Å²) in [5.74, 6) is 1.58. The number of ether oxygens (including phenoxy) is 2. The van der Waals surface area contributed by atoms with E-state index in [0.717, 1.165) is 29.2 Å². The van der Waals surface area contributed by atoms with Crippen LogP contribution in [0.25, 0.3) is 11.0 Å². The molecule has 0 unspecified atom stereocenters. The van der Waals surface area contributed by atoms with Crippen molar-refractivity contribution in [2.24, 2.45) is 0 Å². The summed E-state index contributed by atoms with van der Waals surface area (Å²) in [4.78, 5) is 12.1. The number of benzene rings is 1. The molecule has 25 heavy (non-hydrogen) atoms. The number of aliphatic hydroxyl groups excluding tert-OH is 1. The van der Waals surface area contributed by atoms with Crippen LogP contribution in [0.3, 0.4) is 0 Å². The molecule has 2 aromatic rings. The van der Waals surface area contributed by atoms with E-state index in [0.29, 0.717) is 19.4 Å². The molecule has 0 bridgehead atoms. The van der Waals surface area contributed by atoms with Gasteiger partial charge in [0.05, 0.1) is 33.1 Å². The Morgan fingerprint density at radius 3 is 2.60 bits per heavy atom. The lowest BCUT2D eigenvalue weighted by Gasteiger charge is -2.19. The molecule has 1 N–H and O–H groups in total. The number of hydrogen-bond acceptors (Lipinski definition) is 4. The van der Waals surface area contributed by atoms with Crippen LogP contribution < -0.4 is 9.30 Å². The zero-order chi connectivity index (χ0) is 18.6. The number of methoxy groups -OCH3 is 1. The molecule has 1 aromatic carbocycles. The highest BCUT2D eigenvalue weighted by Crippen LogP contribution is 2.22. The van der Waals surface area contributed by atoms with Crippen LogP contribution in [0.1, 0.15) is 39.9 Å². The number of nitrogens with zero attached hydrogens (tertiary/aromatic N) is 2. The molecule has 0 spiro atoms. The van der Waals surface area contributed by atoms with E-state index in [4.69, 9.17) is 9.47 Å². The molecule has 0 aliphatic heterocycles. The first kappa shape index (κ1) is 19.2. The number of aliphatic hydroxyl groups is 1. The molecule has 0 fully saturated rings. The average molecular weight is 349 g/mol. The second-order valence-electron chi connectivity index (χ2n) is 6.98. The van der Waals surface area contributed by atoms with E-state index in [1.54, 1.807) is 7.11 Å². The van der Waals surface area contributed by atoms with Crippen molar-refractivity contribution in [2.75, 3.05) is 13.7 Å². The van der Waals surface area contributed by atoms with Crippen LogP contribution in [-0.2, 0) is 29.0 Å². The Morgan fingerprint density at radius 1 is 1.32 bits per heavy atom. The number of esters is 1. The van der Waals surface area contributed by atoms with E-state index < -0.39 is 5.60 Å². The van der Waals surface area contributed by atoms with Gasteiger partial charge in [0.1, 0.15) is 17.9 Å². The van der Waals surface area contributed by atoms with Crippen molar-refractivity contribution in [2.45, 2.75) is 59.2 Å². The maximum absolute atomic E-state index is 12.1. The molecule has 6 heteroatoms. The monoisotopic (exact) mass is 349 g/mol. The van der Waals surface area contributed by atoms with Crippen molar-refractivity contribution in [1.29, 1.82) is 0 Å². The topological polar surface area (TPSA) is 64.6 Å². The lowest BCUT2D eigenvalue weighted by Crippen LogP contribution is -2.40. The van der Waals surface area contributed by atoms with Crippen LogP contribution in [0.2, 0.25) is 0 Å². The van der Waals surface area contributed by atoms with Gasteiger partial charge in [0.15, 0.2) is 11.0 Å². The Hall–Kier alpha value is -2.08. The normalized spacial score (nSPS) is 11.8. The molecule has 0 saturated carbocycles. The summed E-state index contributed by atoms with van der Waals surface area (Å²) in [6.07, 6.45) is 0.857. The van der Waals surface area contributed by atoms with E-state index >= 15 is 0 Å². The Balaban J connectivity index is 2.39. The first-order valence-electron chi connectivity index (χ1n) is 8.72. The molecule has 0 aliphatic carbocycles. The Bertz CT molecular complexity index is 744. The molecule has 138 valence electrons. The van der Waals surface area contributed by atoms with Crippen LogP contribution in [0.15, 0.2) is 18.2 Å². The summed E-state index contributed by atoms with van der Waals surface area (Å²) in [6, 6.07) is 5.89. The van der Waals surface area contributed by atoms with Crippen molar-refractivity contribution in [3.8, 4) is 5.75 Å². The number of carbonyl (C=O) groups is 1. The van der Waals surface area contributed by atoms with Crippen molar-refractivity contribution in [3.05, 3.63) is 24.0 Å². The van der Waals surface area contributed by atoms with Crippen LogP contribution in [0.5, 0.6) is 5.75 Å². The number of hydrogen-bond donors (Lipinski definition) is 1. The molecular weight excluding hydrogens is 320 g/mol. The van der Waals surface area contributed by atoms with Crippen molar-refractivity contribution < 1.29 is 23.9 Å². The van der Waals surface area contributed by atoms with Gasteiger partial charge in [-0.3, -0.25) is 4.79 Å². The molecule has 2 rings (SSSR count). The largest absolute Gasteiger partial charge is 0.497 e. The summed E-state index contributed by atoms with van der Waals surface area (Å²) < 4.78 is 15.0. The highest BCUT2D eigenvalue weighted by Gasteiger charge is 2.26. The summed E-state index contributed by atoms with van der Waals surface area (Å²) in [5, 5.41) is 9.47. The van der Waals surface area contributed by atoms with E-state index in [2.05, 4.69) is 16.1 Å². The van der Waals surface area contributed by atoms with Gasteiger partial charge in [-0.2, -0.15) is 0 Å². The fourth-order valence-corrected chi connectivity index (χ4v) is 3.08. The molecule has 1 aromatic heterocycles. The highest BCUT2D eigenvalue weighted by atomic mass is 16.6. The third-order valence-electron chi connectivity index (χ3n) is 4.00. The number of rotatable bonds is 7. The average Bonchev–Trinajstić information content (AvgIpc) is 2.83. The number of fused-ring (bicyclic) bond motifs is 1. The predicted molar refractivity (Wildman–Crippen MR) is 95.6 cm³/mol. The highest BCUT2D eigenvalue weighted by molar-refractivity contribution is 5.75. The smallest absolute Gasteiger partial charge is 0.306 e. The van der Waals surface area contributed by atoms with Crippen molar-refractivity contribution >= 4 is 17.0 Å². The van der Waals surface area contributed by atoms with Gasteiger partial charge in [0.25, 0.3) is 5.82 Å². The third-order valence-corrected chi connectivity index (χ3v) is 4.00. The molecule has 0 radical (unpaired) electrons. The SMILES string of the molecule is CCn1c(CCC(=O)OC(C)(C)C)[n+](CCO)c2ccc(OC)cc21. The summed E-state index contributed by atoms with van der Waals surface area (Å²) >= 11 is 0. The van der Waals surface area contributed by atoms with Crippen LogP contribution in [0.4, 0.5) is 0 Å². The zero-order valence-electron chi connectivity index (χ0n) is 15.8. The fourth-order valence-electron chi connectivity index (χ4n) is 3.08. The van der Waals surface area contributed by atoms with Crippen molar-refractivity contribution in [1.82, 2.24) is 4.57 Å². The number of carbonyl (C=O) groups excluding carboxylic acids is 1. The first-order valence-corrected chi connectivity index (χ1v) is 8.72. The lowest BCUT2D eigenvalue weighted by molar-refractivity contribution is -0.681. The molecule has 0 atom stereocenters. The molecule has 0 amide bonds. The van der Waals surface area contributed by atoms with E-state index in [1.165, 1.54) is 0 Å². The number of aryl methyl sites for hydroxylation is 1. The number of aromatic nitrogens is 2. The minimum Gasteiger partial charge on any atom is -0.497 e. The summed E-state index contributed by atoms with van der Waals surface area (Å²) in [7, 11) is 1.64. The van der Waals surface area contributed by atoms with E-state index in [-0.39, 0.29) is 12.6 Å². The summed E-state index contributed by atoms with van der Waals surface area (Å²) in [5.41, 5.74) is 1.58. The van der Waals surface area contributed by atoms with Crippen LogP contribution in [-0.4, -0.2) is 35.0 Å².